The summed E-state index contributed by atoms with van der Waals surface area (Å²) in [6.45, 7) is 5.32. The van der Waals surface area contributed by atoms with Gasteiger partial charge in [-0.05, 0) is 37.5 Å². The van der Waals surface area contributed by atoms with Gasteiger partial charge >= 0.3 is 0 Å². The van der Waals surface area contributed by atoms with Crippen LogP contribution in [0.1, 0.15) is 46.0 Å². The first kappa shape index (κ1) is 16.1. The van der Waals surface area contributed by atoms with E-state index in [1.54, 1.807) is 0 Å². The first-order valence-corrected chi connectivity index (χ1v) is 7.92. The van der Waals surface area contributed by atoms with Gasteiger partial charge in [-0.15, -0.1) is 0 Å². The summed E-state index contributed by atoms with van der Waals surface area (Å²) in [6, 6.07) is 0.189. The van der Waals surface area contributed by atoms with Crippen molar-refractivity contribution < 1.29 is 14.7 Å². The van der Waals surface area contributed by atoms with Crippen molar-refractivity contribution in [3.63, 3.8) is 0 Å². The van der Waals surface area contributed by atoms with Crippen molar-refractivity contribution in [3.8, 4) is 0 Å². The second-order valence-electron chi connectivity index (χ2n) is 6.36. The van der Waals surface area contributed by atoms with Crippen LogP contribution in [0.25, 0.3) is 0 Å². The van der Waals surface area contributed by atoms with E-state index in [1.165, 1.54) is 0 Å². The van der Waals surface area contributed by atoms with Crippen molar-refractivity contribution in [1.82, 2.24) is 5.32 Å². The smallest absolute Gasteiger partial charge is 0.234 e. The lowest BCUT2D eigenvalue weighted by molar-refractivity contribution is -0.132. The minimum Gasteiger partial charge on any atom is -0.409 e. The van der Waals surface area contributed by atoms with Crippen molar-refractivity contribution in [2.45, 2.75) is 52.0 Å². The summed E-state index contributed by atoms with van der Waals surface area (Å²) in [5.74, 6) is 1.03. The van der Waals surface area contributed by atoms with Gasteiger partial charge in [0.2, 0.25) is 5.91 Å². The van der Waals surface area contributed by atoms with Crippen LogP contribution in [0.3, 0.4) is 0 Å². The highest BCUT2D eigenvalue weighted by atomic mass is 16.5. The summed E-state index contributed by atoms with van der Waals surface area (Å²) >= 11 is 0. The SMILES string of the molecule is CCC1CCC(NC(=O)C2(C(N)=NO)CCOCC2)C1C. The second-order valence-corrected chi connectivity index (χ2v) is 6.36. The maximum absolute atomic E-state index is 12.8. The number of hydrogen-bond acceptors (Lipinski definition) is 4. The maximum atomic E-state index is 12.8. The fraction of sp³-hybridized carbons (Fsp3) is 0.867. The molecule has 1 aliphatic heterocycles. The van der Waals surface area contributed by atoms with Crippen LogP contribution in [0.2, 0.25) is 0 Å². The minimum absolute atomic E-state index is 0.000918. The summed E-state index contributed by atoms with van der Waals surface area (Å²) in [5.41, 5.74) is 4.91. The first-order chi connectivity index (χ1) is 10.0. The second kappa shape index (κ2) is 6.64. The molecule has 4 N–H and O–H groups in total. The van der Waals surface area contributed by atoms with E-state index < -0.39 is 5.41 Å². The summed E-state index contributed by atoms with van der Waals surface area (Å²) in [5, 5.41) is 15.3. The highest BCUT2D eigenvalue weighted by Crippen LogP contribution is 2.36. The molecule has 0 bridgehead atoms. The molecule has 1 heterocycles. The van der Waals surface area contributed by atoms with Crippen LogP contribution in [-0.2, 0) is 9.53 Å². The Hall–Kier alpha value is -1.30. The zero-order chi connectivity index (χ0) is 15.5. The molecule has 2 rings (SSSR count). The topological polar surface area (TPSA) is 96.9 Å². The Bertz CT molecular complexity index is 405. The fourth-order valence-electron chi connectivity index (χ4n) is 3.75. The molecule has 1 saturated carbocycles. The van der Waals surface area contributed by atoms with Gasteiger partial charge < -0.3 is 21.0 Å². The molecule has 1 aliphatic carbocycles. The van der Waals surface area contributed by atoms with Gasteiger partial charge in [-0.1, -0.05) is 25.4 Å². The quantitative estimate of drug-likeness (QED) is 0.317. The van der Waals surface area contributed by atoms with Gasteiger partial charge in [-0.2, -0.15) is 0 Å². The Kier molecular flexibility index (Phi) is 5.08. The van der Waals surface area contributed by atoms with Crippen molar-refractivity contribution >= 4 is 11.7 Å². The monoisotopic (exact) mass is 297 g/mol. The van der Waals surface area contributed by atoms with Gasteiger partial charge in [0, 0.05) is 19.3 Å². The van der Waals surface area contributed by atoms with Crippen LogP contribution in [0.15, 0.2) is 5.16 Å². The van der Waals surface area contributed by atoms with Crippen LogP contribution in [0.4, 0.5) is 0 Å². The number of nitrogens with zero attached hydrogens (tertiary/aromatic N) is 1. The number of oxime groups is 1. The van der Waals surface area contributed by atoms with E-state index >= 15 is 0 Å². The number of amidine groups is 1. The Labute approximate surface area is 126 Å². The molecule has 0 radical (unpaired) electrons. The third-order valence-electron chi connectivity index (χ3n) is 5.45. The molecule has 2 fully saturated rings. The molecule has 0 aromatic rings. The van der Waals surface area contributed by atoms with Gasteiger partial charge in [-0.3, -0.25) is 4.79 Å². The third-order valence-corrected chi connectivity index (χ3v) is 5.45. The van der Waals surface area contributed by atoms with Gasteiger partial charge in [0.1, 0.15) is 5.41 Å². The number of nitrogens with one attached hydrogen (secondary N) is 1. The largest absolute Gasteiger partial charge is 0.409 e. The third kappa shape index (κ3) is 3.00. The average molecular weight is 297 g/mol. The fourth-order valence-corrected chi connectivity index (χ4v) is 3.75. The Morgan fingerprint density at radius 2 is 2.10 bits per heavy atom. The Morgan fingerprint density at radius 3 is 2.62 bits per heavy atom. The molecule has 6 nitrogen and oxygen atoms in total. The number of carbonyl (C=O) groups excluding carboxylic acids is 1. The highest BCUT2D eigenvalue weighted by molar-refractivity contribution is 6.07. The number of ether oxygens (including phenoxy) is 1. The van der Waals surface area contributed by atoms with E-state index in [1.807, 2.05) is 0 Å². The molecule has 1 amide bonds. The van der Waals surface area contributed by atoms with E-state index in [4.69, 9.17) is 15.7 Å². The molecule has 21 heavy (non-hydrogen) atoms. The first-order valence-electron chi connectivity index (χ1n) is 7.92. The van der Waals surface area contributed by atoms with Gasteiger partial charge in [0.05, 0.1) is 0 Å². The normalized spacial score (nSPS) is 32.9. The Morgan fingerprint density at radius 1 is 1.43 bits per heavy atom. The van der Waals surface area contributed by atoms with E-state index in [0.717, 1.165) is 19.3 Å². The van der Waals surface area contributed by atoms with E-state index in [0.29, 0.717) is 37.9 Å². The zero-order valence-electron chi connectivity index (χ0n) is 13.0. The average Bonchev–Trinajstić information content (AvgIpc) is 2.87. The maximum Gasteiger partial charge on any atom is 0.234 e. The van der Waals surface area contributed by atoms with Gasteiger partial charge in [0.25, 0.3) is 0 Å². The van der Waals surface area contributed by atoms with Crippen molar-refractivity contribution in [3.05, 3.63) is 0 Å². The number of hydrogen-bond donors (Lipinski definition) is 3. The van der Waals surface area contributed by atoms with E-state index in [2.05, 4.69) is 24.3 Å². The van der Waals surface area contributed by atoms with Crippen LogP contribution in [0.5, 0.6) is 0 Å². The van der Waals surface area contributed by atoms with Crippen molar-refractivity contribution in [2.24, 2.45) is 28.1 Å². The lowest BCUT2D eigenvalue weighted by Crippen LogP contribution is -2.55. The lowest BCUT2D eigenvalue weighted by atomic mass is 9.77. The van der Waals surface area contributed by atoms with Gasteiger partial charge in [0.15, 0.2) is 5.84 Å². The number of nitrogens with two attached hydrogens (primary N) is 1. The number of amides is 1. The molecule has 0 aromatic heterocycles. The van der Waals surface area contributed by atoms with E-state index in [9.17, 15) is 4.79 Å². The summed E-state index contributed by atoms with van der Waals surface area (Å²) < 4.78 is 5.32. The Balaban J connectivity index is 2.09. The lowest BCUT2D eigenvalue weighted by Gasteiger charge is -2.36. The van der Waals surface area contributed by atoms with Crippen LogP contribution in [-0.4, -0.2) is 36.2 Å². The molecule has 2 aliphatic rings. The molecular weight excluding hydrogens is 270 g/mol. The van der Waals surface area contributed by atoms with Crippen molar-refractivity contribution in [2.75, 3.05) is 13.2 Å². The van der Waals surface area contributed by atoms with Gasteiger partial charge in [-0.25, -0.2) is 0 Å². The predicted molar refractivity (Wildman–Crippen MR) is 80.0 cm³/mol. The predicted octanol–water partition coefficient (Wildman–Crippen LogP) is 1.47. The minimum atomic E-state index is -0.920. The molecule has 0 spiro atoms. The molecule has 0 aromatic carbocycles. The van der Waals surface area contributed by atoms with Crippen LogP contribution in [0, 0.1) is 17.3 Å². The summed E-state index contributed by atoms with van der Waals surface area (Å²) in [4.78, 5) is 12.8. The van der Waals surface area contributed by atoms with Crippen LogP contribution >= 0.6 is 0 Å². The molecule has 6 heteroatoms. The van der Waals surface area contributed by atoms with Crippen LogP contribution < -0.4 is 11.1 Å². The standard InChI is InChI=1S/C15H27N3O3/c1-3-11-4-5-12(10(11)2)17-14(19)15(13(16)18-20)6-8-21-9-7-15/h10-12,20H,3-9H2,1-2H3,(H2,16,18)(H,17,19). The molecule has 3 atom stereocenters. The van der Waals surface area contributed by atoms with E-state index in [-0.39, 0.29) is 17.8 Å². The molecule has 1 saturated heterocycles. The zero-order valence-corrected chi connectivity index (χ0v) is 13.0. The number of rotatable bonds is 4. The van der Waals surface area contributed by atoms with Crippen molar-refractivity contribution in [1.29, 1.82) is 0 Å². The summed E-state index contributed by atoms with van der Waals surface area (Å²) in [7, 11) is 0. The highest BCUT2D eigenvalue weighted by Gasteiger charge is 2.46. The summed E-state index contributed by atoms with van der Waals surface area (Å²) in [6.07, 6.45) is 4.24. The number of carbonyl (C=O) groups is 1. The molecule has 120 valence electrons. The molecule has 3 unspecified atom stereocenters. The molecular formula is C15H27N3O3.